The van der Waals surface area contributed by atoms with Crippen molar-refractivity contribution in [2.75, 3.05) is 13.2 Å². The molecule has 1 amide bonds. The highest BCUT2D eigenvalue weighted by Gasteiger charge is 2.07. The molecule has 0 saturated heterocycles. The summed E-state index contributed by atoms with van der Waals surface area (Å²) < 4.78 is 5.50. The Labute approximate surface area is 116 Å². The highest BCUT2D eigenvalue weighted by Crippen LogP contribution is 2.23. The molecular formula is C16H25NO2. The van der Waals surface area contributed by atoms with Crippen LogP contribution in [0, 0.1) is 12.8 Å². The molecule has 0 aromatic heterocycles. The Morgan fingerprint density at radius 1 is 1.26 bits per heavy atom. The van der Waals surface area contributed by atoms with Gasteiger partial charge in [-0.15, -0.1) is 0 Å². The molecule has 106 valence electrons. The fourth-order valence-corrected chi connectivity index (χ4v) is 1.90. The lowest BCUT2D eigenvalue weighted by molar-refractivity contribution is -0.123. The summed E-state index contributed by atoms with van der Waals surface area (Å²) in [4.78, 5) is 11.5. The van der Waals surface area contributed by atoms with Crippen LogP contribution in [-0.4, -0.2) is 19.1 Å². The van der Waals surface area contributed by atoms with Gasteiger partial charge in [-0.1, -0.05) is 33.8 Å². The summed E-state index contributed by atoms with van der Waals surface area (Å²) in [6.07, 6.45) is 0. The van der Waals surface area contributed by atoms with Crippen molar-refractivity contribution in [1.82, 2.24) is 5.32 Å². The molecule has 1 aromatic carbocycles. The molecule has 3 nitrogen and oxygen atoms in total. The molecule has 0 atom stereocenters. The average molecular weight is 263 g/mol. The van der Waals surface area contributed by atoms with Gasteiger partial charge in [0, 0.05) is 6.54 Å². The van der Waals surface area contributed by atoms with E-state index in [2.05, 4.69) is 46.0 Å². The van der Waals surface area contributed by atoms with E-state index < -0.39 is 0 Å². The van der Waals surface area contributed by atoms with Crippen LogP contribution < -0.4 is 10.1 Å². The largest absolute Gasteiger partial charge is 0.484 e. The number of rotatable bonds is 6. The maximum absolute atomic E-state index is 11.5. The summed E-state index contributed by atoms with van der Waals surface area (Å²) in [6.45, 7) is 11.3. The zero-order valence-corrected chi connectivity index (χ0v) is 12.6. The Morgan fingerprint density at radius 3 is 2.47 bits per heavy atom. The second-order valence-electron chi connectivity index (χ2n) is 5.66. The smallest absolute Gasteiger partial charge is 0.257 e. The minimum atomic E-state index is -0.0701. The van der Waals surface area contributed by atoms with Gasteiger partial charge in [-0.3, -0.25) is 4.79 Å². The van der Waals surface area contributed by atoms with E-state index >= 15 is 0 Å². The van der Waals surface area contributed by atoms with Gasteiger partial charge in [-0.05, 0) is 42.0 Å². The molecule has 0 spiro atoms. The zero-order chi connectivity index (χ0) is 14.4. The molecule has 3 heteroatoms. The van der Waals surface area contributed by atoms with E-state index in [-0.39, 0.29) is 12.5 Å². The number of nitrogens with one attached hydrogen (secondary N) is 1. The summed E-state index contributed by atoms with van der Waals surface area (Å²) >= 11 is 0. The molecular weight excluding hydrogens is 238 g/mol. The van der Waals surface area contributed by atoms with Crippen LogP contribution in [-0.2, 0) is 4.79 Å². The number of carbonyl (C=O) groups excluding carboxylic acids is 1. The molecule has 0 aliphatic rings. The second kappa shape index (κ2) is 7.17. The van der Waals surface area contributed by atoms with E-state index in [0.29, 0.717) is 18.4 Å². The third-order valence-electron chi connectivity index (χ3n) is 2.94. The predicted octanol–water partition coefficient (Wildman–Crippen LogP) is 3.27. The predicted molar refractivity (Wildman–Crippen MR) is 78.6 cm³/mol. The van der Waals surface area contributed by atoms with Crippen molar-refractivity contribution in [2.45, 2.75) is 40.5 Å². The molecule has 0 saturated carbocycles. The Kier molecular flexibility index (Phi) is 5.87. The van der Waals surface area contributed by atoms with E-state index in [0.717, 1.165) is 5.75 Å². The maximum Gasteiger partial charge on any atom is 0.257 e. The van der Waals surface area contributed by atoms with Crippen molar-refractivity contribution >= 4 is 5.91 Å². The number of aryl methyl sites for hydroxylation is 1. The van der Waals surface area contributed by atoms with Crippen LogP contribution in [0.15, 0.2) is 18.2 Å². The molecule has 0 aliphatic heterocycles. The van der Waals surface area contributed by atoms with Gasteiger partial charge in [0.1, 0.15) is 5.75 Å². The number of ether oxygens (including phenoxy) is 1. The van der Waals surface area contributed by atoms with Crippen molar-refractivity contribution < 1.29 is 9.53 Å². The quantitative estimate of drug-likeness (QED) is 0.855. The van der Waals surface area contributed by atoms with Crippen LogP contribution in [0.2, 0.25) is 0 Å². The Hall–Kier alpha value is -1.51. The fourth-order valence-electron chi connectivity index (χ4n) is 1.90. The molecule has 1 aromatic rings. The highest BCUT2D eigenvalue weighted by molar-refractivity contribution is 5.77. The third kappa shape index (κ3) is 5.33. The first kappa shape index (κ1) is 15.5. The Balaban J connectivity index is 2.50. The number of carbonyl (C=O) groups is 1. The van der Waals surface area contributed by atoms with Gasteiger partial charge in [0.25, 0.3) is 5.91 Å². The molecule has 0 fully saturated rings. The highest BCUT2D eigenvalue weighted by atomic mass is 16.5. The average Bonchev–Trinajstić information content (AvgIpc) is 2.33. The van der Waals surface area contributed by atoms with Gasteiger partial charge in [-0.2, -0.15) is 0 Å². The summed E-state index contributed by atoms with van der Waals surface area (Å²) in [5, 5.41) is 2.83. The van der Waals surface area contributed by atoms with Gasteiger partial charge < -0.3 is 10.1 Å². The molecule has 1 rings (SSSR count). The summed E-state index contributed by atoms with van der Waals surface area (Å²) in [5.74, 6) is 1.64. The Morgan fingerprint density at radius 2 is 1.95 bits per heavy atom. The number of hydrogen-bond donors (Lipinski definition) is 1. The fraction of sp³-hybridized carbons (Fsp3) is 0.562. The van der Waals surface area contributed by atoms with E-state index in [1.165, 1.54) is 11.1 Å². The first-order valence-electron chi connectivity index (χ1n) is 6.90. The second-order valence-corrected chi connectivity index (χ2v) is 5.66. The lowest BCUT2D eigenvalue weighted by Gasteiger charge is -2.13. The summed E-state index contributed by atoms with van der Waals surface area (Å²) in [7, 11) is 0. The Bertz CT molecular complexity index is 425. The van der Waals surface area contributed by atoms with Gasteiger partial charge in [0.15, 0.2) is 6.61 Å². The van der Waals surface area contributed by atoms with Crippen LogP contribution in [0.4, 0.5) is 0 Å². The van der Waals surface area contributed by atoms with Crippen LogP contribution in [0.1, 0.15) is 44.7 Å². The van der Waals surface area contributed by atoms with Crippen LogP contribution in [0.5, 0.6) is 5.75 Å². The topological polar surface area (TPSA) is 38.3 Å². The molecule has 1 N–H and O–H groups in total. The van der Waals surface area contributed by atoms with Crippen molar-refractivity contribution in [3.63, 3.8) is 0 Å². The van der Waals surface area contributed by atoms with Gasteiger partial charge >= 0.3 is 0 Å². The van der Waals surface area contributed by atoms with Crippen molar-refractivity contribution in [1.29, 1.82) is 0 Å². The standard InChI is InChI=1S/C16H25NO2/c1-11(2)9-17-16(18)10-19-14-6-7-15(12(3)4)13(5)8-14/h6-8,11-12H,9-10H2,1-5H3,(H,17,18). The van der Waals surface area contributed by atoms with E-state index in [4.69, 9.17) is 4.74 Å². The van der Waals surface area contributed by atoms with Crippen LogP contribution >= 0.6 is 0 Å². The van der Waals surface area contributed by atoms with Gasteiger partial charge in [0.2, 0.25) is 0 Å². The SMILES string of the molecule is Cc1cc(OCC(=O)NCC(C)C)ccc1C(C)C. The molecule has 0 unspecified atom stereocenters. The molecule has 0 heterocycles. The van der Waals surface area contributed by atoms with Crippen LogP contribution in [0.3, 0.4) is 0 Å². The number of amides is 1. The minimum Gasteiger partial charge on any atom is -0.484 e. The number of benzene rings is 1. The summed E-state index contributed by atoms with van der Waals surface area (Å²) in [5.41, 5.74) is 2.52. The summed E-state index contributed by atoms with van der Waals surface area (Å²) in [6, 6.07) is 5.99. The normalized spacial score (nSPS) is 10.9. The van der Waals surface area contributed by atoms with Crippen LogP contribution in [0.25, 0.3) is 0 Å². The lowest BCUT2D eigenvalue weighted by atomic mass is 9.98. The molecule has 0 bridgehead atoms. The minimum absolute atomic E-state index is 0.0701. The van der Waals surface area contributed by atoms with E-state index in [9.17, 15) is 4.79 Å². The van der Waals surface area contributed by atoms with E-state index in [1.807, 2.05) is 12.1 Å². The monoisotopic (exact) mass is 263 g/mol. The van der Waals surface area contributed by atoms with Gasteiger partial charge in [-0.25, -0.2) is 0 Å². The zero-order valence-electron chi connectivity index (χ0n) is 12.6. The van der Waals surface area contributed by atoms with E-state index in [1.54, 1.807) is 0 Å². The molecule has 0 radical (unpaired) electrons. The van der Waals surface area contributed by atoms with Crippen molar-refractivity contribution in [2.24, 2.45) is 5.92 Å². The molecule has 19 heavy (non-hydrogen) atoms. The molecule has 0 aliphatic carbocycles. The number of hydrogen-bond acceptors (Lipinski definition) is 2. The first-order valence-corrected chi connectivity index (χ1v) is 6.90. The third-order valence-corrected chi connectivity index (χ3v) is 2.94. The van der Waals surface area contributed by atoms with Gasteiger partial charge in [0.05, 0.1) is 0 Å². The van der Waals surface area contributed by atoms with Crippen molar-refractivity contribution in [3.8, 4) is 5.75 Å². The van der Waals surface area contributed by atoms with Crippen molar-refractivity contribution in [3.05, 3.63) is 29.3 Å². The maximum atomic E-state index is 11.5. The first-order chi connectivity index (χ1) is 8.90. The lowest BCUT2D eigenvalue weighted by Crippen LogP contribution is -2.31.